The summed E-state index contributed by atoms with van der Waals surface area (Å²) in [5, 5.41) is 4.74. The number of hydrazine groups is 1. The van der Waals surface area contributed by atoms with E-state index in [0.29, 0.717) is 6.04 Å². The molecule has 3 N–H and O–H groups in total. The molecule has 21 heavy (non-hydrogen) atoms. The van der Waals surface area contributed by atoms with Crippen molar-refractivity contribution in [3.8, 4) is 0 Å². The third-order valence-corrected chi connectivity index (χ3v) is 4.46. The molecule has 3 rings (SSSR count). The smallest absolute Gasteiger partial charge is 0.0644 e. The summed E-state index contributed by atoms with van der Waals surface area (Å²) in [6.07, 6.45) is 8.12. The fourth-order valence-electron chi connectivity index (χ4n) is 3.14. The number of nitrogens with one attached hydrogen (secondary N) is 1. The van der Waals surface area contributed by atoms with Gasteiger partial charge in [0, 0.05) is 12.6 Å². The van der Waals surface area contributed by atoms with Gasteiger partial charge in [0.25, 0.3) is 0 Å². The first kappa shape index (κ1) is 14.3. The van der Waals surface area contributed by atoms with Crippen molar-refractivity contribution in [1.82, 2.24) is 15.2 Å². The van der Waals surface area contributed by atoms with E-state index in [1.165, 1.54) is 36.8 Å². The van der Waals surface area contributed by atoms with Crippen molar-refractivity contribution in [3.63, 3.8) is 0 Å². The van der Waals surface area contributed by atoms with Crippen LogP contribution in [0.3, 0.4) is 0 Å². The van der Waals surface area contributed by atoms with Crippen LogP contribution >= 0.6 is 0 Å². The lowest BCUT2D eigenvalue weighted by Crippen LogP contribution is -2.29. The Kier molecular flexibility index (Phi) is 4.36. The summed E-state index contributed by atoms with van der Waals surface area (Å²) in [4.78, 5) is 0. The fourth-order valence-corrected chi connectivity index (χ4v) is 3.14. The lowest BCUT2D eigenvalue weighted by molar-refractivity contribution is 0.457. The molecule has 1 aromatic heterocycles. The molecule has 4 heteroatoms. The molecular formula is C17H24N4. The summed E-state index contributed by atoms with van der Waals surface area (Å²) < 4.78 is 2.14. The molecule has 1 saturated carbocycles. The minimum atomic E-state index is 0.109. The number of hydrogen-bond donors (Lipinski definition) is 2. The Morgan fingerprint density at radius 2 is 1.95 bits per heavy atom. The molecule has 1 heterocycles. The minimum absolute atomic E-state index is 0.109. The van der Waals surface area contributed by atoms with E-state index in [9.17, 15) is 0 Å². The normalized spacial score (nSPS) is 17.2. The maximum atomic E-state index is 5.74. The maximum Gasteiger partial charge on any atom is 0.0644 e. The largest absolute Gasteiger partial charge is 0.271 e. The van der Waals surface area contributed by atoms with E-state index in [4.69, 9.17) is 10.9 Å². The Labute approximate surface area is 126 Å². The predicted molar refractivity (Wildman–Crippen MR) is 84.7 cm³/mol. The van der Waals surface area contributed by atoms with Crippen LogP contribution in [0.5, 0.6) is 0 Å². The molecule has 0 bridgehead atoms. The molecule has 1 fully saturated rings. The molecule has 1 atom stereocenters. The average Bonchev–Trinajstić information content (AvgIpc) is 3.17. The summed E-state index contributed by atoms with van der Waals surface area (Å²) in [6.45, 7) is 2.10. The zero-order chi connectivity index (χ0) is 14.7. The highest BCUT2D eigenvalue weighted by molar-refractivity contribution is 5.25. The Bertz CT molecular complexity index is 567. The summed E-state index contributed by atoms with van der Waals surface area (Å²) in [5.41, 5.74) is 6.49. The molecule has 0 aliphatic heterocycles. The number of aromatic nitrogens is 2. The molecule has 1 aliphatic carbocycles. The van der Waals surface area contributed by atoms with Crippen LogP contribution in [0.25, 0.3) is 0 Å². The van der Waals surface area contributed by atoms with Crippen LogP contribution in [0.1, 0.15) is 54.6 Å². The Balaban J connectivity index is 1.70. The van der Waals surface area contributed by atoms with E-state index >= 15 is 0 Å². The van der Waals surface area contributed by atoms with Crippen molar-refractivity contribution < 1.29 is 0 Å². The van der Waals surface area contributed by atoms with Gasteiger partial charge < -0.3 is 0 Å². The molecule has 0 spiro atoms. The SMILES string of the molecule is Cc1ccc(C(Cc2ccn(C3CCCC3)n2)NN)cc1. The summed E-state index contributed by atoms with van der Waals surface area (Å²) in [6, 6.07) is 11.3. The van der Waals surface area contributed by atoms with E-state index in [1.807, 2.05) is 0 Å². The second kappa shape index (κ2) is 6.41. The van der Waals surface area contributed by atoms with Crippen LogP contribution in [0.2, 0.25) is 0 Å². The highest BCUT2D eigenvalue weighted by Crippen LogP contribution is 2.29. The number of hydrogen-bond acceptors (Lipinski definition) is 3. The van der Waals surface area contributed by atoms with E-state index < -0.39 is 0 Å². The van der Waals surface area contributed by atoms with Crippen LogP contribution in [-0.2, 0) is 6.42 Å². The first-order valence-corrected chi connectivity index (χ1v) is 7.83. The van der Waals surface area contributed by atoms with Gasteiger partial charge in [-0.25, -0.2) is 0 Å². The number of rotatable bonds is 5. The van der Waals surface area contributed by atoms with Crippen LogP contribution in [0, 0.1) is 6.92 Å². The third-order valence-electron chi connectivity index (χ3n) is 4.46. The lowest BCUT2D eigenvalue weighted by atomic mass is 10.0. The van der Waals surface area contributed by atoms with E-state index in [2.05, 4.69) is 53.6 Å². The Morgan fingerprint density at radius 3 is 2.62 bits per heavy atom. The van der Waals surface area contributed by atoms with Gasteiger partial charge in [0.15, 0.2) is 0 Å². The summed E-state index contributed by atoms with van der Waals surface area (Å²) in [5.74, 6) is 5.74. The van der Waals surface area contributed by atoms with Crippen molar-refractivity contribution in [2.45, 2.75) is 51.1 Å². The zero-order valence-electron chi connectivity index (χ0n) is 12.6. The molecule has 0 saturated heterocycles. The molecule has 1 aliphatic rings. The van der Waals surface area contributed by atoms with E-state index in [0.717, 1.165) is 12.1 Å². The Morgan fingerprint density at radius 1 is 1.24 bits per heavy atom. The number of benzene rings is 1. The second-order valence-corrected chi connectivity index (χ2v) is 6.06. The third kappa shape index (κ3) is 3.34. The van der Waals surface area contributed by atoms with Crippen molar-refractivity contribution in [1.29, 1.82) is 0 Å². The highest BCUT2D eigenvalue weighted by atomic mass is 15.3. The van der Waals surface area contributed by atoms with E-state index in [1.54, 1.807) is 0 Å². The van der Waals surface area contributed by atoms with Gasteiger partial charge in [0.2, 0.25) is 0 Å². The topological polar surface area (TPSA) is 55.9 Å². The second-order valence-electron chi connectivity index (χ2n) is 6.06. The van der Waals surface area contributed by atoms with Crippen molar-refractivity contribution in [2.75, 3.05) is 0 Å². The quantitative estimate of drug-likeness (QED) is 0.655. The van der Waals surface area contributed by atoms with Gasteiger partial charge in [-0.1, -0.05) is 42.7 Å². The predicted octanol–water partition coefficient (Wildman–Crippen LogP) is 3.05. The minimum Gasteiger partial charge on any atom is -0.271 e. The fraction of sp³-hybridized carbons (Fsp3) is 0.471. The van der Waals surface area contributed by atoms with Crippen LogP contribution in [-0.4, -0.2) is 9.78 Å². The van der Waals surface area contributed by atoms with Crippen molar-refractivity contribution in [2.24, 2.45) is 5.84 Å². The van der Waals surface area contributed by atoms with Gasteiger partial charge in [-0.2, -0.15) is 5.10 Å². The van der Waals surface area contributed by atoms with Gasteiger partial charge in [-0.15, -0.1) is 0 Å². The average molecular weight is 284 g/mol. The first-order valence-electron chi connectivity index (χ1n) is 7.83. The van der Waals surface area contributed by atoms with Gasteiger partial charge in [-0.3, -0.25) is 16.0 Å². The monoisotopic (exact) mass is 284 g/mol. The van der Waals surface area contributed by atoms with Crippen LogP contribution in [0.15, 0.2) is 36.5 Å². The number of nitrogens with zero attached hydrogens (tertiary/aromatic N) is 2. The molecule has 0 amide bonds. The lowest BCUT2D eigenvalue weighted by Gasteiger charge is -2.15. The summed E-state index contributed by atoms with van der Waals surface area (Å²) in [7, 11) is 0. The number of aryl methyl sites for hydroxylation is 1. The standard InChI is InChI=1S/C17H24N4/c1-13-6-8-14(9-7-13)17(19-18)12-15-10-11-21(20-15)16-4-2-3-5-16/h6-11,16-17,19H,2-5,12,18H2,1H3. The maximum absolute atomic E-state index is 5.74. The van der Waals surface area contributed by atoms with Gasteiger partial charge in [0.05, 0.1) is 17.8 Å². The Hall–Kier alpha value is -1.65. The first-order chi connectivity index (χ1) is 10.3. The number of nitrogens with two attached hydrogens (primary N) is 1. The zero-order valence-corrected chi connectivity index (χ0v) is 12.6. The highest BCUT2D eigenvalue weighted by Gasteiger charge is 2.18. The molecule has 112 valence electrons. The molecule has 4 nitrogen and oxygen atoms in total. The summed E-state index contributed by atoms with van der Waals surface area (Å²) >= 11 is 0. The molecule has 2 aromatic rings. The van der Waals surface area contributed by atoms with Crippen molar-refractivity contribution >= 4 is 0 Å². The van der Waals surface area contributed by atoms with E-state index in [-0.39, 0.29) is 6.04 Å². The van der Waals surface area contributed by atoms with Crippen LogP contribution < -0.4 is 11.3 Å². The molecular weight excluding hydrogens is 260 g/mol. The van der Waals surface area contributed by atoms with Crippen LogP contribution in [0.4, 0.5) is 0 Å². The van der Waals surface area contributed by atoms with Gasteiger partial charge >= 0.3 is 0 Å². The molecule has 1 unspecified atom stereocenters. The van der Waals surface area contributed by atoms with Crippen molar-refractivity contribution in [3.05, 3.63) is 53.3 Å². The van der Waals surface area contributed by atoms with Gasteiger partial charge in [0.1, 0.15) is 0 Å². The molecule has 1 aromatic carbocycles. The molecule has 0 radical (unpaired) electrons. The van der Waals surface area contributed by atoms with Gasteiger partial charge in [-0.05, 0) is 31.4 Å².